The lowest BCUT2D eigenvalue weighted by Crippen LogP contribution is -2.27. The van der Waals surface area contributed by atoms with Crippen LogP contribution in [-0.4, -0.2) is 27.5 Å². The van der Waals surface area contributed by atoms with Crippen LogP contribution in [-0.2, 0) is 4.57 Å². The van der Waals surface area contributed by atoms with Gasteiger partial charge in [0.05, 0.1) is 12.7 Å². The highest BCUT2D eigenvalue weighted by Gasteiger charge is 2.15. The molecule has 12 heavy (non-hydrogen) atoms. The van der Waals surface area contributed by atoms with Crippen LogP contribution >= 0.6 is 7.60 Å². The predicted octanol–water partition coefficient (Wildman–Crippen LogP) is -0.207. The minimum absolute atomic E-state index is 0.211. The van der Waals surface area contributed by atoms with Crippen LogP contribution in [0.25, 0.3) is 0 Å². The number of allylic oxidation sites excluding steroid dienone is 2. The molecule has 0 amide bonds. The molecule has 4 N–H and O–H groups in total. The van der Waals surface area contributed by atoms with Crippen LogP contribution in [0.15, 0.2) is 23.9 Å². The first-order valence-electron chi connectivity index (χ1n) is 3.40. The van der Waals surface area contributed by atoms with Crippen LogP contribution in [0.3, 0.4) is 0 Å². The molecule has 0 aromatic carbocycles. The van der Waals surface area contributed by atoms with Gasteiger partial charge in [-0.3, -0.25) is 4.57 Å². The molecule has 0 saturated heterocycles. The molecule has 1 aliphatic heterocycles. The van der Waals surface area contributed by atoms with Crippen molar-refractivity contribution in [2.75, 3.05) is 12.7 Å². The summed E-state index contributed by atoms with van der Waals surface area (Å²) in [4.78, 5) is 17.3. The fourth-order valence-corrected chi connectivity index (χ4v) is 1.61. The third-order valence-electron chi connectivity index (χ3n) is 1.43. The Labute approximate surface area is 70.3 Å². The first-order valence-corrected chi connectivity index (χ1v) is 5.20. The van der Waals surface area contributed by atoms with Gasteiger partial charge in [0.15, 0.2) is 0 Å². The van der Waals surface area contributed by atoms with Crippen molar-refractivity contribution in [1.29, 1.82) is 0 Å². The second-order valence-corrected chi connectivity index (χ2v) is 4.26. The Morgan fingerprint density at radius 2 is 2.33 bits per heavy atom. The summed E-state index contributed by atoms with van der Waals surface area (Å²) in [6.07, 6.45) is 4.67. The average Bonchev–Trinajstić information content (AvgIpc) is 1.91. The van der Waals surface area contributed by atoms with E-state index in [0.29, 0.717) is 12.1 Å². The zero-order valence-corrected chi connectivity index (χ0v) is 7.32. The van der Waals surface area contributed by atoms with E-state index < -0.39 is 7.60 Å². The van der Waals surface area contributed by atoms with Crippen LogP contribution in [0.4, 0.5) is 0 Å². The van der Waals surface area contributed by atoms with E-state index in [2.05, 4.69) is 0 Å². The molecule has 1 rings (SSSR count). The SMILES string of the molecule is NN1C=CC(CP(=O)(O)O)=CC1. The van der Waals surface area contributed by atoms with Crippen molar-refractivity contribution in [3.8, 4) is 0 Å². The van der Waals surface area contributed by atoms with Crippen molar-refractivity contribution in [3.63, 3.8) is 0 Å². The molecular weight excluding hydrogens is 179 g/mol. The number of nitrogens with two attached hydrogens (primary N) is 1. The van der Waals surface area contributed by atoms with Gasteiger partial charge < -0.3 is 14.8 Å². The van der Waals surface area contributed by atoms with Gasteiger partial charge in [-0.15, -0.1) is 0 Å². The highest BCUT2D eigenvalue weighted by atomic mass is 31.2. The predicted molar refractivity (Wildman–Crippen MR) is 45.0 cm³/mol. The van der Waals surface area contributed by atoms with Gasteiger partial charge in [0, 0.05) is 6.20 Å². The Kier molecular flexibility index (Phi) is 2.69. The number of hydrazine groups is 1. The van der Waals surface area contributed by atoms with E-state index in [1.807, 2.05) is 0 Å². The lowest BCUT2D eigenvalue weighted by molar-refractivity contribution is 0.375. The van der Waals surface area contributed by atoms with Crippen LogP contribution in [0.2, 0.25) is 0 Å². The fourth-order valence-electron chi connectivity index (χ4n) is 0.898. The summed E-state index contributed by atoms with van der Waals surface area (Å²) in [5.41, 5.74) is 0.630. The average molecular weight is 190 g/mol. The van der Waals surface area contributed by atoms with Gasteiger partial charge in [-0.1, -0.05) is 6.08 Å². The Morgan fingerprint density at radius 1 is 1.67 bits per heavy atom. The number of rotatable bonds is 2. The van der Waals surface area contributed by atoms with E-state index in [1.165, 1.54) is 5.01 Å². The molecule has 0 aliphatic carbocycles. The maximum Gasteiger partial charge on any atom is 0.329 e. The maximum absolute atomic E-state index is 10.6. The molecule has 0 radical (unpaired) electrons. The van der Waals surface area contributed by atoms with Gasteiger partial charge in [0.1, 0.15) is 0 Å². The van der Waals surface area contributed by atoms with E-state index in [1.54, 1.807) is 18.4 Å². The van der Waals surface area contributed by atoms with Crippen LogP contribution in [0, 0.1) is 0 Å². The Morgan fingerprint density at radius 3 is 2.75 bits per heavy atom. The summed E-state index contributed by atoms with van der Waals surface area (Å²) in [6.45, 7) is 0.492. The topological polar surface area (TPSA) is 86.8 Å². The van der Waals surface area contributed by atoms with Crippen molar-refractivity contribution in [1.82, 2.24) is 5.01 Å². The summed E-state index contributed by atoms with van der Waals surface area (Å²) < 4.78 is 10.6. The fraction of sp³-hybridized carbons (Fsp3) is 0.333. The molecule has 0 spiro atoms. The van der Waals surface area contributed by atoms with Crippen molar-refractivity contribution >= 4 is 7.60 Å². The summed E-state index contributed by atoms with van der Waals surface area (Å²) in [5, 5.41) is 1.43. The second-order valence-electron chi connectivity index (χ2n) is 2.61. The molecule has 0 aromatic heterocycles. The van der Waals surface area contributed by atoms with Gasteiger partial charge in [-0.25, -0.2) is 5.84 Å². The van der Waals surface area contributed by atoms with Gasteiger partial charge in [-0.05, 0) is 11.6 Å². The standard InChI is InChI=1S/C6H11N2O3P/c7-8-3-1-6(2-4-8)5-12(9,10)11/h1-3H,4-5,7H2,(H2,9,10,11). The quantitative estimate of drug-likeness (QED) is 0.414. The maximum atomic E-state index is 10.6. The van der Waals surface area contributed by atoms with E-state index in [9.17, 15) is 4.57 Å². The summed E-state index contributed by atoms with van der Waals surface area (Å²) >= 11 is 0. The summed E-state index contributed by atoms with van der Waals surface area (Å²) in [7, 11) is -3.93. The molecule has 0 saturated carbocycles. The molecule has 68 valence electrons. The smallest absolute Gasteiger partial charge is 0.324 e. The number of hydrogen-bond donors (Lipinski definition) is 3. The molecule has 0 atom stereocenters. The molecule has 1 aliphatic rings. The van der Waals surface area contributed by atoms with Gasteiger partial charge >= 0.3 is 7.60 Å². The van der Waals surface area contributed by atoms with Crippen molar-refractivity contribution in [2.24, 2.45) is 5.84 Å². The lowest BCUT2D eigenvalue weighted by Gasteiger charge is -2.16. The van der Waals surface area contributed by atoms with Gasteiger partial charge in [0.25, 0.3) is 0 Å². The molecule has 1 heterocycles. The summed E-state index contributed by atoms with van der Waals surface area (Å²) in [6, 6.07) is 0. The highest BCUT2D eigenvalue weighted by Crippen LogP contribution is 2.37. The van der Waals surface area contributed by atoms with Gasteiger partial charge in [-0.2, -0.15) is 0 Å². The molecule has 5 nitrogen and oxygen atoms in total. The second kappa shape index (κ2) is 3.41. The third kappa shape index (κ3) is 3.19. The van der Waals surface area contributed by atoms with Crippen molar-refractivity contribution in [3.05, 3.63) is 23.9 Å². The van der Waals surface area contributed by atoms with Crippen LogP contribution < -0.4 is 5.84 Å². The Balaban J connectivity index is 2.57. The van der Waals surface area contributed by atoms with E-state index in [0.717, 1.165) is 0 Å². The molecule has 0 aromatic rings. The normalized spacial score (nSPS) is 17.9. The van der Waals surface area contributed by atoms with E-state index in [4.69, 9.17) is 15.6 Å². The van der Waals surface area contributed by atoms with Crippen LogP contribution in [0.1, 0.15) is 0 Å². The van der Waals surface area contributed by atoms with Crippen molar-refractivity contribution in [2.45, 2.75) is 0 Å². The molecule has 0 fully saturated rings. The first kappa shape index (κ1) is 9.48. The molecular formula is C6H11N2O3P. The molecule has 0 bridgehead atoms. The minimum atomic E-state index is -3.93. The Bertz CT molecular complexity index is 268. The largest absolute Gasteiger partial charge is 0.329 e. The number of nitrogens with zero attached hydrogens (tertiary/aromatic N) is 1. The van der Waals surface area contributed by atoms with Crippen molar-refractivity contribution < 1.29 is 14.4 Å². The van der Waals surface area contributed by atoms with E-state index in [-0.39, 0.29) is 6.16 Å². The summed E-state index contributed by atoms with van der Waals surface area (Å²) in [5.74, 6) is 5.37. The molecule has 0 unspecified atom stereocenters. The lowest BCUT2D eigenvalue weighted by atomic mass is 10.2. The highest BCUT2D eigenvalue weighted by molar-refractivity contribution is 7.52. The van der Waals surface area contributed by atoms with Crippen LogP contribution in [0.5, 0.6) is 0 Å². The Hall–Kier alpha value is -0.610. The molecule has 6 heteroatoms. The minimum Gasteiger partial charge on any atom is -0.324 e. The monoisotopic (exact) mass is 190 g/mol. The van der Waals surface area contributed by atoms with E-state index >= 15 is 0 Å². The number of hydrogen-bond acceptors (Lipinski definition) is 3. The zero-order chi connectivity index (χ0) is 9.19. The first-order chi connectivity index (χ1) is 5.47. The van der Waals surface area contributed by atoms with Gasteiger partial charge in [0.2, 0.25) is 0 Å². The third-order valence-corrected chi connectivity index (χ3v) is 2.21. The zero-order valence-electron chi connectivity index (χ0n) is 6.42.